The van der Waals surface area contributed by atoms with E-state index in [4.69, 9.17) is 0 Å². The minimum Gasteiger partial charge on any atom is -1.00 e. The second-order valence-corrected chi connectivity index (χ2v) is 5.92. The van der Waals surface area contributed by atoms with E-state index < -0.39 is 0 Å². The third kappa shape index (κ3) is 9.37. The normalized spacial score (nSPS) is 13.0. The number of hydrogen-bond donors (Lipinski definition) is 0. The van der Waals surface area contributed by atoms with Crippen LogP contribution in [0.1, 0.15) is 67.4 Å². The van der Waals surface area contributed by atoms with Crippen LogP contribution in [0.3, 0.4) is 0 Å². The van der Waals surface area contributed by atoms with Crippen LogP contribution in [0.5, 0.6) is 0 Å². The molecule has 1 aromatic carbocycles. The van der Waals surface area contributed by atoms with Crippen LogP contribution in [0.2, 0.25) is 0 Å². The van der Waals surface area contributed by atoms with Gasteiger partial charge >= 0.3 is 37.7 Å². The summed E-state index contributed by atoms with van der Waals surface area (Å²) >= 11 is 0. The quantitative estimate of drug-likeness (QED) is 0.573. The molecule has 0 N–H and O–H groups in total. The van der Waals surface area contributed by atoms with Crippen LogP contribution < -0.4 is 37.7 Å². The molecule has 0 spiro atoms. The maximum Gasteiger partial charge on any atom is 1.00 e. The second kappa shape index (κ2) is 13.1. The largest absolute Gasteiger partial charge is 1.00 e. The van der Waals surface area contributed by atoms with Gasteiger partial charge in [-0.25, -0.2) is 0 Å². The number of aryl methyl sites for hydroxylation is 2. The molecule has 0 aromatic heterocycles. The molecule has 0 saturated heterocycles. The molecule has 0 aliphatic rings. The molecule has 0 radical (unpaired) electrons. The number of benzene rings is 1. The standard InChI is InChI=1S/C18H30.2Li.2H/c1-5-15(3)10-12-17-8-7-9-18(14-17)13-11-16(4)6-2;;;;/h7-9,14-16H,5-6,10-13H2,1-4H3;;;;/q;2*+1;2*-1. The topological polar surface area (TPSA) is 0 Å². The van der Waals surface area contributed by atoms with Gasteiger partial charge < -0.3 is 2.85 Å². The Hall–Kier alpha value is 0.415. The molecule has 0 aliphatic heterocycles. The van der Waals surface area contributed by atoms with Gasteiger partial charge in [-0.1, -0.05) is 64.8 Å². The van der Waals surface area contributed by atoms with Crippen molar-refractivity contribution in [3.8, 4) is 0 Å². The smallest absolute Gasteiger partial charge is 1.00 e. The van der Waals surface area contributed by atoms with Crippen molar-refractivity contribution in [3.63, 3.8) is 0 Å². The van der Waals surface area contributed by atoms with Crippen LogP contribution in [0, 0.1) is 11.8 Å². The summed E-state index contributed by atoms with van der Waals surface area (Å²) in [6, 6.07) is 9.23. The molecule has 0 bridgehead atoms. The minimum atomic E-state index is 0. The maximum atomic E-state index is 2.42. The molecule has 0 saturated carbocycles. The zero-order valence-corrected chi connectivity index (χ0v) is 14.7. The van der Waals surface area contributed by atoms with E-state index in [2.05, 4.69) is 52.0 Å². The predicted molar refractivity (Wildman–Crippen MR) is 84.2 cm³/mol. The molecule has 0 nitrogen and oxygen atoms in total. The molecule has 0 aliphatic carbocycles. The van der Waals surface area contributed by atoms with Crippen molar-refractivity contribution in [1.82, 2.24) is 0 Å². The van der Waals surface area contributed by atoms with Gasteiger partial charge in [-0.15, -0.1) is 0 Å². The van der Waals surface area contributed by atoms with Gasteiger partial charge in [0.1, 0.15) is 0 Å². The first-order valence-corrected chi connectivity index (χ1v) is 7.73. The third-order valence-electron chi connectivity index (χ3n) is 4.24. The fraction of sp³-hybridized carbons (Fsp3) is 0.667. The van der Waals surface area contributed by atoms with Gasteiger partial charge in [-0.05, 0) is 48.6 Å². The summed E-state index contributed by atoms with van der Waals surface area (Å²) in [5.74, 6) is 1.71. The molecular formula is C18H32Li2. The first kappa shape index (κ1) is 22.7. The zero-order chi connectivity index (χ0) is 13.4. The molecule has 0 amide bonds. The Morgan fingerprint density at radius 1 is 0.850 bits per heavy atom. The van der Waals surface area contributed by atoms with Crippen LogP contribution in [-0.4, -0.2) is 0 Å². The Kier molecular flexibility index (Phi) is 14.9. The molecular weight excluding hydrogens is 230 g/mol. The minimum absolute atomic E-state index is 0. The Labute approximate surface area is 153 Å². The van der Waals surface area contributed by atoms with Crippen molar-refractivity contribution in [2.45, 2.75) is 66.2 Å². The number of rotatable bonds is 8. The van der Waals surface area contributed by atoms with Crippen molar-refractivity contribution in [1.29, 1.82) is 0 Å². The van der Waals surface area contributed by atoms with E-state index in [0.29, 0.717) is 0 Å². The summed E-state index contributed by atoms with van der Waals surface area (Å²) in [6.45, 7) is 9.28. The van der Waals surface area contributed by atoms with Gasteiger partial charge in [-0.3, -0.25) is 0 Å². The van der Waals surface area contributed by atoms with Gasteiger partial charge in [-0.2, -0.15) is 0 Å². The Balaban J connectivity index is -0.000000405. The van der Waals surface area contributed by atoms with E-state index in [9.17, 15) is 0 Å². The summed E-state index contributed by atoms with van der Waals surface area (Å²) in [6.07, 6.45) is 7.73. The van der Waals surface area contributed by atoms with Crippen molar-refractivity contribution in [2.24, 2.45) is 11.8 Å². The van der Waals surface area contributed by atoms with Gasteiger partial charge in [0.05, 0.1) is 0 Å². The summed E-state index contributed by atoms with van der Waals surface area (Å²) in [4.78, 5) is 0. The molecule has 0 fully saturated rings. The van der Waals surface area contributed by atoms with Gasteiger partial charge in [0, 0.05) is 0 Å². The van der Waals surface area contributed by atoms with Crippen LogP contribution in [0.15, 0.2) is 24.3 Å². The summed E-state index contributed by atoms with van der Waals surface area (Å²) in [5, 5.41) is 0. The predicted octanol–water partition coefficient (Wildman–Crippen LogP) is -0.123. The van der Waals surface area contributed by atoms with E-state index in [1.54, 1.807) is 0 Å². The Morgan fingerprint density at radius 3 is 1.60 bits per heavy atom. The fourth-order valence-electron chi connectivity index (χ4n) is 2.18. The SMILES string of the molecule is CCC(C)CCc1cccc(CCC(C)CC)c1.[H-].[H-].[Li+].[Li+]. The van der Waals surface area contributed by atoms with Gasteiger partial charge in [0.15, 0.2) is 0 Å². The van der Waals surface area contributed by atoms with E-state index >= 15 is 0 Å². The van der Waals surface area contributed by atoms with Crippen molar-refractivity contribution in [2.75, 3.05) is 0 Å². The fourth-order valence-corrected chi connectivity index (χ4v) is 2.18. The molecule has 2 atom stereocenters. The van der Waals surface area contributed by atoms with Crippen LogP contribution in [-0.2, 0) is 12.8 Å². The summed E-state index contributed by atoms with van der Waals surface area (Å²) in [5.41, 5.74) is 3.05. The van der Waals surface area contributed by atoms with E-state index in [0.717, 1.165) is 11.8 Å². The summed E-state index contributed by atoms with van der Waals surface area (Å²) in [7, 11) is 0. The number of hydrogen-bond acceptors (Lipinski definition) is 0. The van der Waals surface area contributed by atoms with Crippen LogP contribution >= 0.6 is 0 Å². The van der Waals surface area contributed by atoms with Gasteiger partial charge in [0.25, 0.3) is 0 Å². The van der Waals surface area contributed by atoms with Crippen LogP contribution in [0.4, 0.5) is 0 Å². The molecule has 20 heavy (non-hydrogen) atoms. The van der Waals surface area contributed by atoms with E-state index in [1.807, 2.05) is 0 Å². The molecule has 106 valence electrons. The average molecular weight is 262 g/mol. The van der Waals surface area contributed by atoms with Crippen molar-refractivity contribution >= 4 is 0 Å². The first-order chi connectivity index (χ1) is 8.65. The van der Waals surface area contributed by atoms with Gasteiger partial charge in [0.2, 0.25) is 0 Å². The Morgan fingerprint density at radius 2 is 1.25 bits per heavy atom. The first-order valence-electron chi connectivity index (χ1n) is 7.73. The Bertz CT molecular complexity index is 316. The summed E-state index contributed by atoms with van der Waals surface area (Å²) < 4.78 is 0. The second-order valence-electron chi connectivity index (χ2n) is 5.92. The monoisotopic (exact) mass is 262 g/mol. The van der Waals surface area contributed by atoms with E-state index in [-0.39, 0.29) is 40.6 Å². The molecule has 2 unspecified atom stereocenters. The zero-order valence-electron chi connectivity index (χ0n) is 16.7. The van der Waals surface area contributed by atoms with Crippen molar-refractivity contribution in [3.05, 3.63) is 35.4 Å². The third-order valence-corrected chi connectivity index (χ3v) is 4.24. The van der Waals surface area contributed by atoms with E-state index in [1.165, 1.54) is 49.7 Å². The molecule has 2 heteroatoms. The molecule has 1 aromatic rings. The molecule has 1 rings (SSSR count). The maximum absolute atomic E-state index is 2.42. The van der Waals surface area contributed by atoms with Crippen molar-refractivity contribution < 1.29 is 40.6 Å². The van der Waals surface area contributed by atoms with Crippen LogP contribution in [0.25, 0.3) is 0 Å². The molecule has 0 heterocycles. The average Bonchev–Trinajstić information content (AvgIpc) is 2.42.